The Balaban J connectivity index is 1.37. The molecule has 1 saturated heterocycles. The van der Waals surface area contributed by atoms with Gasteiger partial charge in [-0.1, -0.05) is 19.3 Å². The van der Waals surface area contributed by atoms with Crippen molar-refractivity contribution in [3.63, 3.8) is 0 Å². The Bertz CT molecular complexity index is 700. The Morgan fingerprint density at radius 1 is 1.12 bits per heavy atom. The number of rotatable bonds is 3. The van der Waals surface area contributed by atoms with Crippen LogP contribution < -0.4 is 0 Å². The van der Waals surface area contributed by atoms with E-state index < -0.39 is 0 Å². The smallest absolute Gasteiger partial charge is 0.271 e. The molecule has 0 radical (unpaired) electrons. The van der Waals surface area contributed by atoms with Crippen LogP contribution in [-0.2, 0) is 0 Å². The van der Waals surface area contributed by atoms with Gasteiger partial charge in [-0.25, -0.2) is 0 Å². The van der Waals surface area contributed by atoms with Crippen molar-refractivity contribution in [2.24, 2.45) is 0 Å². The van der Waals surface area contributed by atoms with Gasteiger partial charge in [0, 0.05) is 50.2 Å². The van der Waals surface area contributed by atoms with Crippen LogP contribution in [0.1, 0.15) is 42.6 Å². The van der Waals surface area contributed by atoms with E-state index in [1.165, 1.54) is 32.1 Å². The van der Waals surface area contributed by atoms with Crippen LogP contribution in [0.3, 0.4) is 0 Å². The van der Waals surface area contributed by atoms with E-state index in [1.807, 2.05) is 23.1 Å². The van der Waals surface area contributed by atoms with Gasteiger partial charge in [0.25, 0.3) is 5.91 Å². The average molecular weight is 339 g/mol. The molecule has 1 aliphatic heterocycles. The van der Waals surface area contributed by atoms with E-state index >= 15 is 0 Å². The van der Waals surface area contributed by atoms with Crippen molar-refractivity contribution < 1.29 is 4.79 Å². The summed E-state index contributed by atoms with van der Waals surface area (Å²) in [6.07, 6.45) is 10.2. The first-order valence-electron chi connectivity index (χ1n) is 9.30. The zero-order valence-electron chi connectivity index (χ0n) is 14.5. The number of carbonyl (C=O) groups is 1. The molecule has 0 unspecified atom stereocenters. The summed E-state index contributed by atoms with van der Waals surface area (Å²) in [5.41, 5.74) is 2.24. The lowest BCUT2D eigenvalue weighted by molar-refractivity contribution is 0.0518. The number of hydrogen-bond donors (Lipinski definition) is 1. The predicted molar refractivity (Wildman–Crippen MR) is 96.2 cm³/mol. The molecule has 4 rings (SSSR count). The fourth-order valence-electron chi connectivity index (χ4n) is 4.00. The van der Waals surface area contributed by atoms with Gasteiger partial charge in [0.05, 0.1) is 5.69 Å². The van der Waals surface area contributed by atoms with Crippen molar-refractivity contribution in [2.45, 2.75) is 38.1 Å². The highest BCUT2D eigenvalue weighted by Crippen LogP contribution is 2.24. The van der Waals surface area contributed by atoms with Gasteiger partial charge in [-0.15, -0.1) is 0 Å². The Morgan fingerprint density at radius 2 is 1.92 bits per heavy atom. The van der Waals surface area contributed by atoms with Crippen LogP contribution in [0.4, 0.5) is 0 Å². The molecule has 1 amide bonds. The summed E-state index contributed by atoms with van der Waals surface area (Å²) >= 11 is 0. The van der Waals surface area contributed by atoms with E-state index in [0.717, 1.165) is 43.5 Å². The van der Waals surface area contributed by atoms with Crippen LogP contribution in [-0.4, -0.2) is 63.1 Å². The largest absolute Gasteiger partial charge is 0.335 e. The number of piperazine rings is 1. The van der Waals surface area contributed by atoms with E-state index in [1.54, 1.807) is 12.4 Å². The van der Waals surface area contributed by atoms with Crippen molar-refractivity contribution in [1.29, 1.82) is 0 Å². The highest BCUT2D eigenvalue weighted by atomic mass is 16.2. The van der Waals surface area contributed by atoms with Crippen LogP contribution in [0.15, 0.2) is 30.6 Å². The summed E-state index contributed by atoms with van der Waals surface area (Å²) in [6, 6.07) is 6.37. The van der Waals surface area contributed by atoms with Gasteiger partial charge in [0.2, 0.25) is 0 Å². The lowest BCUT2D eigenvalue weighted by Gasteiger charge is -2.40. The van der Waals surface area contributed by atoms with Crippen LogP contribution >= 0.6 is 0 Å². The third-order valence-electron chi connectivity index (χ3n) is 5.46. The van der Waals surface area contributed by atoms with Crippen molar-refractivity contribution in [1.82, 2.24) is 25.0 Å². The number of pyridine rings is 1. The van der Waals surface area contributed by atoms with E-state index in [0.29, 0.717) is 5.69 Å². The van der Waals surface area contributed by atoms with Gasteiger partial charge < -0.3 is 4.90 Å². The number of carbonyl (C=O) groups excluding carboxylic acids is 1. The van der Waals surface area contributed by atoms with E-state index in [-0.39, 0.29) is 5.91 Å². The Kier molecular flexibility index (Phi) is 4.78. The normalized spacial score (nSPS) is 19.9. The van der Waals surface area contributed by atoms with Crippen molar-refractivity contribution in [2.75, 3.05) is 26.2 Å². The first kappa shape index (κ1) is 16.3. The predicted octanol–water partition coefficient (Wildman–Crippen LogP) is 2.56. The summed E-state index contributed by atoms with van der Waals surface area (Å²) in [4.78, 5) is 21.4. The molecular weight excluding hydrogens is 314 g/mol. The number of nitrogens with one attached hydrogen (secondary N) is 1. The van der Waals surface area contributed by atoms with E-state index in [4.69, 9.17) is 0 Å². The maximum absolute atomic E-state index is 12.7. The summed E-state index contributed by atoms with van der Waals surface area (Å²) in [6.45, 7) is 3.58. The fourth-order valence-corrected chi connectivity index (χ4v) is 4.00. The second-order valence-corrected chi connectivity index (χ2v) is 7.03. The number of amides is 1. The van der Waals surface area contributed by atoms with Crippen molar-refractivity contribution >= 4 is 5.91 Å². The third kappa shape index (κ3) is 3.58. The molecule has 0 aromatic carbocycles. The molecule has 1 saturated carbocycles. The fraction of sp³-hybridized carbons (Fsp3) is 0.526. The minimum atomic E-state index is 0.0472. The molecule has 2 aromatic heterocycles. The highest BCUT2D eigenvalue weighted by Gasteiger charge is 2.28. The van der Waals surface area contributed by atoms with Gasteiger partial charge in [0.1, 0.15) is 5.69 Å². The number of nitrogens with zero attached hydrogens (tertiary/aromatic N) is 4. The van der Waals surface area contributed by atoms with E-state index in [9.17, 15) is 4.79 Å². The van der Waals surface area contributed by atoms with Gasteiger partial charge >= 0.3 is 0 Å². The topological polar surface area (TPSA) is 65.1 Å². The number of aromatic amines is 1. The maximum Gasteiger partial charge on any atom is 0.271 e. The summed E-state index contributed by atoms with van der Waals surface area (Å²) in [5.74, 6) is 0.0472. The Hall–Kier alpha value is -2.21. The minimum absolute atomic E-state index is 0.0472. The minimum Gasteiger partial charge on any atom is -0.335 e. The molecule has 6 nitrogen and oxygen atoms in total. The molecular formula is C19H25N5O. The zero-order valence-corrected chi connectivity index (χ0v) is 14.5. The van der Waals surface area contributed by atoms with Crippen LogP contribution in [0.2, 0.25) is 0 Å². The second-order valence-electron chi connectivity index (χ2n) is 7.03. The second kappa shape index (κ2) is 7.35. The quantitative estimate of drug-likeness (QED) is 0.933. The molecule has 0 atom stereocenters. The monoisotopic (exact) mass is 339 g/mol. The molecule has 2 aromatic rings. The van der Waals surface area contributed by atoms with Crippen molar-refractivity contribution in [3.05, 3.63) is 36.3 Å². The third-order valence-corrected chi connectivity index (χ3v) is 5.46. The van der Waals surface area contributed by atoms with Crippen LogP contribution in [0.25, 0.3) is 11.3 Å². The summed E-state index contributed by atoms with van der Waals surface area (Å²) < 4.78 is 0. The molecule has 132 valence electrons. The lowest BCUT2D eigenvalue weighted by Crippen LogP contribution is -2.52. The Morgan fingerprint density at radius 3 is 2.64 bits per heavy atom. The molecule has 1 aliphatic carbocycles. The Labute approximate surface area is 148 Å². The molecule has 0 spiro atoms. The molecule has 2 fully saturated rings. The summed E-state index contributed by atoms with van der Waals surface area (Å²) in [5, 5.41) is 7.16. The van der Waals surface area contributed by atoms with Crippen LogP contribution in [0.5, 0.6) is 0 Å². The lowest BCUT2D eigenvalue weighted by atomic mass is 9.94. The number of aromatic nitrogens is 3. The SMILES string of the molecule is O=C(c1cc(-c2cccnc2)n[nH]1)N1CCN(C2CCCCC2)CC1. The number of H-pyrrole nitrogens is 1. The standard InChI is InChI=1S/C19H25N5O/c25-19(18-13-17(21-22-18)15-5-4-8-20-14-15)24-11-9-23(10-12-24)16-6-2-1-3-7-16/h4-5,8,13-14,16H,1-3,6-7,9-12H2,(H,21,22). The number of hydrogen-bond acceptors (Lipinski definition) is 4. The summed E-state index contributed by atoms with van der Waals surface area (Å²) in [7, 11) is 0. The van der Waals surface area contributed by atoms with Gasteiger partial charge in [0.15, 0.2) is 0 Å². The van der Waals surface area contributed by atoms with E-state index in [2.05, 4.69) is 20.1 Å². The maximum atomic E-state index is 12.7. The molecule has 2 aliphatic rings. The van der Waals surface area contributed by atoms with Gasteiger partial charge in [-0.2, -0.15) is 5.10 Å². The zero-order chi connectivity index (χ0) is 17.1. The highest BCUT2D eigenvalue weighted by molar-refractivity contribution is 5.93. The molecule has 1 N–H and O–H groups in total. The van der Waals surface area contributed by atoms with Crippen LogP contribution in [0, 0.1) is 0 Å². The molecule has 0 bridgehead atoms. The first-order chi connectivity index (χ1) is 12.3. The van der Waals surface area contributed by atoms with Crippen molar-refractivity contribution in [3.8, 4) is 11.3 Å². The molecule has 25 heavy (non-hydrogen) atoms. The molecule has 6 heteroatoms. The molecule has 3 heterocycles. The van der Waals surface area contributed by atoms with Gasteiger partial charge in [-0.05, 0) is 31.0 Å². The van der Waals surface area contributed by atoms with Gasteiger partial charge in [-0.3, -0.25) is 19.8 Å². The average Bonchev–Trinajstić information content (AvgIpc) is 3.19. The first-order valence-corrected chi connectivity index (χ1v) is 9.30.